The van der Waals surface area contributed by atoms with Crippen LogP contribution in [0.15, 0.2) is 33.8 Å². The molecule has 1 aromatic carbocycles. The van der Waals surface area contributed by atoms with Gasteiger partial charge in [-0.05, 0) is 18.1 Å². The van der Waals surface area contributed by atoms with Crippen LogP contribution in [0.5, 0.6) is 5.75 Å². The quantitative estimate of drug-likeness (QED) is 0.343. The number of aromatic nitrogens is 1. The number of guanidine groups is 1. The summed E-state index contributed by atoms with van der Waals surface area (Å²) in [4.78, 5) is 4.00. The zero-order valence-corrected chi connectivity index (χ0v) is 17.5. The predicted octanol–water partition coefficient (Wildman–Crippen LogP) is 4.02. The molecule has 2 rings (SSSR count). The van der Waals surface area contributed by atoms with Crippen LogP contribution in [0.2, 0.25) is 0 Å². The lowest BCUT2D eigenvalue weighted by atomic mass is 10.1. The Bertz CT molecular complexity index is 754. The molecule has 27 heavy (non-hydrogen) atoms. The standard InChI is InChI=1S/C17H21F3N4O2.HI/c1-10(2)14-7-11(26-24-14)8-22-17(21-3)23-9-12-13(18)5-4-6-15(12)25-16(19)20;/h4-7,10,16H,8-9H2,1-3H3,(H2,21,22,23);1H. The number of benzene rings is 1. The molecule has 2 aromatic rings. The van der Waals surface area contributed by atoms with Crippen LogP contribution in [-0.4, -0.2) is 24.8 Å². The Labute approximate surface area is 172 Å². The summed E-state index contributed by atoms with van der Waals surface area (Å²) in [5, 5.41) is 9.78. The molecule has 0 atom stereocenters. The number of nitrogens with one attached hydrogen (secondary N) is 2. The summed E-state index contributed by atoms with van der Waals surface area (Å²) >= 11 is 0. The van der Waals surface area contributed by atoms with Crippen LogP contribution in [0.3, 0.4) is 0 Å². The molecule has 2 N–H and O–H groups in total. The van der Waals surface area contributed by atoms with Crippen molar-refractivity contribution in [1.82, 2.24) is 15.8 Å². The Hall–Kier alpha value is -1.98. The maximum absolute atomic E-state index is 13.9. The molecule has 0 fully saturated rings. The largest absolute Gasteiger partial charge is 0.434 e. The van der Waals surface area contributed by atoms with Crippen LogP contribution >= 0.6 is 24.0 Å². The van der Waals surface area contributed by atoms with E-state index in [1.165, 1.54) is 25.2 Å². The van der Waals surface area contributed by atoms with Gasteiger partial charge in [-0.15, -0.1) is 24.0 Å². The Morgan fingerprint density at radius 3 is 2.56 bits per heavy atom. The van der Waals surface area contributed by atoms with Crippen LogP contribution in [0, 0.1) is 5.82 Å². The fraction of sp³-hybridized carbons (Fsp3) is 0.412. The van der Waals surface area contributed by atoms with Crippen LogP contribution in [0.1, 0.15) is 36.8 Å². The molecule has 150 valence electrons. The van der Waals surface area contributed by atoms with Crippen LogP contribution in [0.25, 0.3) is 0 Å². The number of rotatable bonds is 7. The fourth-order valence-corrected chi connectivity index (χ4v) is 2.16. The average molecular weight is 498 g/mol. The molecule has 0 unspecified atom stereocenters. The van der Waals surface area contributed by atoms with E-state index in [0.29, 0.717) is 18.3 Å². The topological polar surface area (TPSA) is 71.7 Å². The summed E-state index contributed by atoms with van der Waals surface area (Å²) in [5.41, 5.74) is 0.822. The number of hydrogen-bond donors (Lipinski definition) is 2. The van der Waals surface area contributed by atoms with E-state index in [1.807, 2.05) is 19.9 Å². The average Bonchev–Trinajstić information content (AvgIpc) is 3.05. The first-order valence-electron chi connectivity index (χ1n) is 8.03. The zero-order chi connectivity index (χ0) is 19.1. The predicted molar refractivity (Wildman–Crippen MR) is 106 cm³/mol. The third kappa shape index (κ3) is 6.92. The molecular formula is C17H22F3IN4O2. The number of ether oxygens (including phenoxy) is 1. The molecule has 0 amide bonds. The second-order valence-corrected chi connectivity index (χ2v) is 5.75. The van der Waals surface area contributed by atoms with Crippen LogP contribution < -0.4 is 15.4 Å². The molecule has 10 heteroatoms. The van der Waals surface area contributed by atoms with Gasteiger partial charge in [0.15, 0.2) is 11.7 Å². The van der Waals surface area contributed by atoms with Crippen molar-refractivity contribution in [3.63, 3.8) is 0 Å². The van der Waals surface area contributed by atoms with Gasteiger partial charge in [-0.1, -0.05) is 25.1 Å². The highest BCUT2D eigenvalue weighted by molar-refractivity contribution is 14.0. The third-order valence-electron chi connectivity index (χ3n) is 3.55. The Balaban J connectivity index is 0.00000364. The van der Waals surface area contributed by atoms with Gasteiger partial charge in [0.05, 0.1) is 12.2 Å². The van der Waals surface area contributed by atoms with Crippen molar-refractivity contribution < 1.29 is 22.4 Å². The van der Waals surface area contributed by atoms with Crippen molar-refractivity contribution in [2.75, 3.05) is 7.05 Å². The zero-order valence-electron chi connectivity index (χ0n) is 15.1. The molecule has 0 bridgehead atoms. The molecule has 0 aliphatic rings. The Kier molecular flexibility index (Phi) is 9.39. The smallest absolute Gasteiger partial charge is 0.387 e. The molecule has 1 heterocycles. The molecule has 0 radical (unpaired) electrons. The fourth-order valence-electron chi connectivity index (χ4n) is 2.16. The van der Waals surface area contributed by atoms with Crippen LogP contribution in [-0.2, 0) is 13.1 Å². The van der Waals surface area contributed by atoms with Gasteiger partial charge in [0.1, 0.15) is 11.6 Å². The lowest BCUT2D eigenvalue weighted by molar-refractivity contribution is -0.0506. The first-order valence-corrected chi connectivity index (χ1v) is 8.03. The molecular weight excluding hydrogens is 476 g/mol. The number of alkyl halides is 2. The maximum Gasteiger partial charge on any atom is 0.387 e. The third-order valence-corrected chi connectivity index (χ3v) is 3.55. The number of aliphatic imine (C=N–C) groups is 1. The van der Waals surface area contributed by atoms with Gasteiger partial charge in [-0.3, -0.25) is 4.99 Å². The lowest BCUT2D eigenvalue weighted by Gasteiger charge is -2.14. The second kappa shape index (κ2) is 11.0. The summed E-state index contributed by atoms with van der Waals surface area (Å²) in [6, 6.07) is 5.59. The normalized spacial score (nSPS) is 11.5. The minimum Gasteiger partial charge on any atom is -0.434 e. The highest BCUT2D eigenvalue weighted by Crippen LogP contribution is 2.23. The SMILES string of the molecule is CN=C(NCc1cc(C(C)C)no1)NCc1c(F)cccc1OC(F)F.I. The van der Waals surface area contributed by atoms with Crippen molar-refractivity contribution in [1.29, 1.82) is 0 Å². The number of nitrogens with zero attached hydrogens (tertiary/aromatic N) is 2. The molecule has 0 spiro atoms. The summed E-state index contributed by atoms with van der Waals surface area (Å²) in [6.07, 6.45) is 0. The van der Waals surface area contributed by atoms with E-state index in [9.17, 15) is 13.2 Å². The number of halogens is 4. The summed E-state index contributed by atoms with van der Waals surface area (Å²) in [6.45, 7) is 1.21. The van der Waals surface area contributed by atoms with E-state index in [-0.39, 0.29) is 47.8 Å². The van der Waals surface area contributed by atoms with Gasteiger partial charge < -0.3 is 19.9 Å². The van der Waals surface area contributed by atoms with Crippen molar-refractivity contribution in [3.8, 4) is 5.75 Å². The van der Waals surface area contributed by atoms with E-state index in [4.69, 9.17) is 4.52 Å². The summed E-state index contributed by atoms with van der Waals surface area (Å²) in [5.74, 6) is 0.338. The highest BCUT2D eigenvalue weighted by Gasteiger charge is 2.14. The first kappa shape index (κ1) is 23.1. The molecule has 0 saturated carbocycles. The van der Waals surface area contributed by atoms with Crippen molar-refractivity contribution in [2.45, 2.75) is 39.5 Å². The van der Waals surface area contributed by atoms with Crippen molar-refractivity contribution in [3.05, 3.63) is 47.1 Å². The molecule has 0 aliphatic carbocycles. The van der Waals surface area contributed by atoms with E-state index >= 15 is 0 Å². The second-order valence-electron chi connectivity index (χ2n) is 5.75. The molecule has 0 saturated heterocycles. The minimum atomic E-state index is -3.03. The lowest BCUT2D eigenvalue weighted by Crippen LogP contribution is -2.36. The van der Waals surface area contributed by atoms with E-state index in [2.05, 4.69) is 25.5 Å². The van der Waals surface area contributed by atoms with Gasteiger partial charge in [-0.2, -0.15) is 8.78 Å². The van der Waals surface area contributed by atoms with Gasteiger partial charge in [0.25, 0.3) is 0 Å². The molecule has 0 aliphatic heterocycles. The highest BCUT2D eigenvalue weighted by atomic mass is 127. The summed E-state index contributed by atoms with van der Waals surface area (Å²) < 4.78 is 48.4. The summed E-state index contributed by atoms with van der Waals surface area (Å²) in [7, 11) is 1.53. The number of hydrogen-bond acceptors (Lipinski definition) is 4. The van der Waals surface area contributed by atoms with Gasteiger partial charge in [-0.25, -0.2) is 4.39 Å². The van der Waals surface area contributed by atoms with Crippen LogP contribution in [0.4, 0.5) is 13.2 Å². The van der Waals surface area contributed by atoms with E-state index < -0.39 is 12.4 Å². The van der Waals surface area contributed by atoms with Gasteiger partial charge >= 0.3 is 6.61 Å². The maximum atomic E-state index is 13.9. The van der Waals surface area contributed by atoms with E-state index in [0.717, 1.165) is 5.69 Å². The first-order chi connectivity index (χ1) is 12.4. The molecule has 6 nitrogen and oxygen atoms in total. The Morgan fingerprint density at radius 1 is 1.26 bits per heavy atom. The van der Waals surface area contributed by atoms with Crippen molar-refractivity contribution >= 4 is 29.9 Å². The molecule has 1 aromatic heterocycles. The van der Waals surface area contributed by atoms with E-state index in [1.54, 1.807) is 0 Å². The monoisotopic (exact) mass is 498 g/mol. The van der Waals surface area contributed by atoms with Gasteiger partial charge in [0, 0.05) is 25.2 Å². The minimum absolute atomic E-state index is 0. The van der Waals surface area contributed by atoms with Crippen molar-refractivity contribution in [2.24, 2.45) is 4.99 Å². The van der Waals surface area contributed by atoms with Gasteiger partial charge in [0.2, 0.25) is 0 Å². The Morgan fingerprint density at radius 2 is 1.96 bits per heavy atom.